The van der Waals surface area contributed by atoms with Crippen LogP contribution in [-0.2, 0) is 24.2 Å². The Labute approximate surface area is 209 Å². The number of rotatable bonds is 10. The first-order valence-electron chi connectivity index (χ1n) is 12.0. The van der Waals surface area contributed by atoms with Crippen molar-refractivity contribution in [3.8, 4) is 5.75 Å². The van der Waals surface area contributed by atoms with Gasteiger partial charge < -0.3 is 19.5 Å². The highest BCUT2D eigenvalue weighted by Gasteiger charge is 2.23. The third-order valence-electron chi connectivity index (χ3n) is 6.06. The molecule has 1 unspecified atom stereocenters. The number of imidazole rings is 1. The number of carbonyl (C=O) groups is 2. The van der Waals surface area contributed by atoms with Crippen LogP contribution in [0.3, 0.4) is 0 Å². The van der Waals surface area contributed by atoms with Gasteiger partial charge in [0.15, 0.2) is 11.3 Å². The Morgan fingerprint density at radius 1 is 1.03 bits per heavy atom. The zero-order chi connectivity index (χ0) is 25.8. The van der Waals surface area contributed by atoms with Crippen molar-refractivity contribution >= 4 is 23.1 Å². The van der Waals surface area contributed by atoms with Gasteiger partial charge >= 0.3 is 11.9 Å². The molecular weight excluding hydrogens is 458 g/mol. The number of benzene rings is 2. The van der Waals surface area contributed by atoms with Crippen molar-refractivity contribution in [1.82, 2.24) is 14.5 Å². The number of carboxylic acid groups (broad SMARTS) is 2. The van der Waals surface area contributed by atoms with Crippen LogP contribution in [0.5, 0.6) is 5.75 Å². The van der Waals surface area contributed by atoms with Gasteiger partial charge in [-0.2, -0.15) is 0 Å². The van der Waals surface area contributed by atoms with Crippen molar-refractivity contribution in [3.63, 3.8) is 0 Å². The van der Waals surface area contributed by atoms with Gasteiger partial charge in [-0.25, -0.2) is 19.6 Å². The van der Waals surface area contributed by atoms with Crippen LogP contribution in [0.1, 0.15) is 64.9 Å². The van der Waals surface area contributed by atoms with Crippen molar-refractivity contribution in [2.24, 2.45) is 0 Å². The first kappa shape index (κ1) is 24.9. The number of hydrogen-bond donors (Lipinski definition) is 2. The highest BCUT2D eigenvalue weighted by molar-refractivity contribution is 5.89. The van der Waals surface area contributed by atoms with Crippen LogP contribution >= 0.6 is 0 Å². The maximum absolute atomic E-state index is 12.0. The van der Waals surface area contributed by atoms with Crippen molar-refractivity contribution in [3.05, 3.63) is 88.4 Å². The number of hydrogen-bond acceptors (Lipinski definition) is 5. The third kappa shape index (κ3) is 5.07. The highest BCUT2D eigenvalue weighted by Crippen LogP contribution is 2.29. The maximum atomic E-state index is 12.0. The molecular formula is C28H29N3O5. The van der Waals surface area contributed by atoms with E-state index in [4.69, 9.17) is 9.72 Å². The summed E-state index contributed by atoms with van der Waals surface area (Å²) in [6.07, 6.45) is 1.13. The molecule has 1 atom stereocenters. The molecule has 0 amide bonds. The first-order chi connectivity index (χ1) is 17.3. The molecule has 36 heavy (non-hydrogen) atoms. The first-order valence-corrected chi connectivity index (χ1v) is 12.0. The molecule has 0 saturated carbocycles. The fraction of sp³-hybridized carbons (Fsp3) is 0.286. The Morgan fingerprint density at radius 3 is 2.42 bits per heavy atom. The zero-order valence-corrected chi connectivity index (χ0v) is 20.6. The molecule has 0 fully saturated rings. The number of nitrogens with zero attached hydrogens (tertiary/aromatic N) is 3. The topological polar surface area (TPSA) is 115 Å². The van der Waals surface area contributed by atoms with Gasteiger partial charge in [-0.1, -0.05) is 62.7 Å². The number of pyridine rings is 1. The molecule has 2 aromatic carbocycles. The molecule has 0 aliphatic heterocycles. The number of carboxylic acids is 2. The SMILES string of the molecule is CCCc1cc(Cn2c(CC)nc3c(C)cc(C(=O)O)nc32)ccc1OC(C(=O)O)c1ccccc1. The summed E-state index contributed by atoms with van der Waals surface area (Å²) in [7, 11) is 0. The summed E-state index contributed by atoms with van der Waals surface area (Å²) < 4.78 is 7.96. The van der Waals surface area contributed by atoms with E-state index in [0.29, 0.717) is 35.4 Å². The summed E-state index contributed by atoms with van der Waals surface area (Å²) >= 11 is 0. The lowest BCUT2D eigenvalue weighted by molar-refractivity contribution is -0.145. The van der Waals surface area contributed by atoms with Crippen LogP contribution in [0.25, 0.3) is 11.2 Å². The summed E-state index contributed by atoms with van der Waals surface area (Å²) in [4.78, 5) is 32.6. The van der Waals surface area contributed by atoms with Crippen LogP contribution in [0.4, 0.5) is 0 Å². The van der Waals surface area contributed by atoms with E-state index in [1.807, 2.05) is 42.7 Å². The third-order valence-corrected chi connectivity index (χ3v) is 6.06. The molecule has 4 rings (SSSR count). The minimum Gasteiger partial charge on any atom is -0.478 e. The van der Waals surface area contributed by atoms with Crippen LogP contribution in [0.2, 0.25) is 0 Å². The van der Waals surface area contributed by atoms with Gasteiger partial charge in [0.05, 0.1) is 6.54 Å². The molecule has 0 radical (unpaired) electrons. The second-order valence-corrected chi connectivity index (χ2v) is 8.71. The van der Waals surface area contributed by atoms with E-state index in [0.717, 1.165) is 35.4 Å². The van der Waals surface area contributed by atoms with Crippen LogP contribution in [-0.4, -0.2) is 36.7 Å². The molecule has 0 aliphatic carbocycles. The van der Waals surface area contributed by atoms with Gasteiger partial charge in [0, 0.05) is 12.0 Å². The molecule has 8 heteroatoms. The average Bonchev–Trinajstić information content (AvgIpc) is 3.22. The summed E-state index contributed by atoms with van der Waals surface area (Å²) in [5, 5.41) is 19.3. The summed E-state index contributed by atoms with van der Waals surface area (Å²) in [5.74, 6) is -0.787. The number of aromatic carboxylic acids is 1. The summed E-state index contributed by atoms with van der Waals surface area (Å²) in [6, 6.07) is 16.2. The van der Waals surface area contributed by atoms with Crippen molar-refractivity contribution in [2.45, 2.75) is 52.7 Å². The number of fused-ring (bicyclic) bond motifs is 1. The lowest BCUT2D eigenvalue weighted by atomic mass is 10.0. The average molecular weight is 488 g/mol. The van der Waals surface area contributed by atoms with Gasteiger partial charge in [-0.15, -0.1) is 0 Å². The molecule has 2 heterocycles. The summed E-state index contributed by atoms with van der Waals surface area (Å²) in [5.41, 5.74) is 4.43. The van der Waals surface area contributed by atoms with Crippen LogP contribution in [0.15, 0.2) is 54.6 Å². The normalized spacial score (nSPS) is 12.0. The Bertz CT molecular complexity index is 1410. The molecule has 0 aliphatic rings. The minimum absolute atomic E-state index is 0.0140. The molecule has 0 saturated heterocycles. The quantitative estimate of drug-likeness (QED) is 0.316. The van der Waals surface area contributed by atoms with E-state index in [1.54, 1.807) is 30.3 Å². The van der Waals surface area contributed by atoms with Crippen LogP contribution in [0, 0.1) is 6.92 Å². The van der Waals surface area contributed by atoms with Gasteiger partial charge in [0.1, 0.15) is 17.1 Å². The van der Waals surface area contributed by atoms with E-state index in [1.165, 1.54) is 0 Å². The smallest absolute Gasteiger partial charge is 0.354 e. The van der Waals surface area contributed by atoms with Gasteiger partial charge in [-0.05, 0) is 42.2 Å². The van der Waals surface area contributed by atoms with Gasteiger partial charge in [0.2, 0.25) is 6.10 Å². The van der Waals surface area contributed by atoms with E-state index in [9.17, 15) is 19.8 Å². The van der Waals surface area contributed by atoms with E-state index >= 15 is 0 Å². The van der Waals surface area contributed by atoms with E-state index in [2.05, 4.69) is 11.9 Å². The number of aliphatic carboxylic acids is 1. The molecule has 4 aromatic rings. The Morgan fingerprint density at radius 2 is 1.78 bits per heavy atom. The Kier molecular flexibility index (Phi) is 7.33. The number of aromatic nitrogens is 3. The predicted molar refractivity (Wildman–Crippen MR) is 136 cm³/mol. The fourth-order valence-corrected chi connectivity index (χ4v) is 4.34. The highest BCUT2D eigenvalue weighted by atomic mass is 16.5. The Balaban J connectivity index is 1.72. The molecule has 0 bridgehead atoms. The number of ether oxygens (including phenoxy) is 1. The standard InChI is InChI=1S/C28H29N3O5/c1-4-9-20-15-18(12-13-22(20)36-25(28(34)35)19-10-7-6-8-11-19)16-31-23(5-2)30-24-17(3)14-21(27(32)33)29-26(24)31/h6-8,10-15,25H,4-5,9,16H2,1-3H3,(H,32,33)(H,34,35). The van der Waals surface area contributed by atoms with Crippen molar-refractivity contribution < 1.29 is 24.5 Å². The second kappa shape index (κ2) is 10.6. The fourth-order valence-electron chi connectivity index (χ4n) is 4.34. The van der Waals surface area contributed by atoms with Gasteiger partial charge in [-0.3, -0.25) is 0 Å². The maximum Gasteiger partial charge on any atom is 0.354 e. The van der Waals surface area contributed by atoms with Crippen molar-refractivity contribution in [2.75, 3.05) is 0 Å². The lowest BCUT2D eigenvalue weighted by Crippen LogP contribution is -2.19. The zero-order valence-electron chi connectivity index (χ0n) is 20.6. The molecule has 2 N–H and O–H groups in total. The lowest BCUT2D eigenvalue weighted by Gasteiger charge is -2.19. The molecule has 0 spiro atoms. The minimum atomic E-state index is -1.11. The number of aryl methyl sites for hydroxylation is 3. The monoisotopic (exact) mass is 487 g/mol. The second-order valence-electron chi connectivity index (χ2n) is 8.71. The van der Waals surface area contributed by atoms with E-state index < -0.39 is 18.0 Å². The van der Waals surface area contributed by atoms with Gasteiger partial charge in [0.25, 0.3) is 0 Å². The Hall–Kier alpha value is -4.20. The van der Waals surface area contributed by atoms with Crippen molar-refractivity contribution in [1.29, 1.82) is 0 Å². The van der Waals surface area contributed by atoms with Crippen LogP contribution < -0.4 is 4.74 Å². The predicted octanol–water partition coefficient (Wildman–Crippen LogP) is 5.21. The largest absolute Gasteiger partial charge is 0.478 e. The molecule has 2 aromatic heterocycles. The van der Waals surface area contributed by atoms with E-state index in [-0.39, 0.29) is 5.69 Å². The molecule has 186 valence electrons. The summed E-state index contributed by atoms with van der Waals surface area (Å²) in [6.45, 7) is 6.35. The molecule has 8 nitrogen and oxygen atoms in total.